The standard InChI is InChI=1S/C21H24IN3O2/c1-15-10-12-25(13-11-15)21(27)16-2-6-19(7-3-16)24-20(26)14-23-18-8-4-17(22)5-9-18/h2-9,15,23H,10-14H2,1H3,(H,24,26). The molecule has 0 spiro atoms. The average molecular weight is 477 g/mol. The first-order valence-corrected chi connectivity index (χ1v) is 10.3. The summed E-state index contributed by atoms with van der Waals surface area (Å²) in [6, 6.07) is 15.0. The van der Waals surface area contributed by atoms with E-state index in [4.69, 9.17) is 0 Å². The van der Waals surface area contributed by atoms with Crippen LogP contribution in [0.4, 0.5) is 11.4 Å². The second-order valence-electron chi connectivity index (χ2n) is 6.96. The molecule has 0 bridgehead atoms. The highest BCUT2D eigenvalue weighted by molar-refractivity contribution is 14.1. The largest absolute Gasteiger partial charge is 0.376 e. The molecule has 2 aromatic rings. The van der Waals surface area contributed by atoms with E-state index < -0.39 is 0 Å². The number of nitrogens with zero attached hydrogens (tertiary/aromatic N) is 1. The summed E-state index contributed by atoms with van der Waals surface area (Å²) < 4.78 is 1.15. The summed E-state index contributed by atoms with van der Waals surface area (Å²) in [5, 5.41) is 5.94. The summed E-state index contributed by atoms with van der Waals surface area (Å²) in [6.07, 6.45) is 2.13. The van der Waals surface area contributed by atoms with Gasteiger partial charge in [-0.3, -0.25) is 9.59 Å². The van der Waals surface area contributed by atoms with Crippen LogP contribution in [-0.2, 0) is 4.79 Å². The fourth-order valence-electron chi connectivity index (χ4n) is 3.05. The van der Waals surface area contributed by atoms with Crippen LogP contribution < -0.4 is 10.6 Å². The van der Waals surface area contributed by atoms with Crippen molar-refractivity contribution in [3.63, 3.8) is 0 Å². The number of rotatable bonds is 5. The lowest BCUT2D eigenvalue weighted by Crippen LogP contribution is -2.37. The number of nitrogens with one attached hydrogen (secondary N) is 2. The van der Waals surface area contributed by atoms with Crippen molar-refractivity contribution in [2.24, 2.45) is 5.92 Å². The number of halogens is 1. The van der Waals surface area contributed by atoms with E-state index in [1.165, 1.54) is 0 Å². The third kappa shape index (κ3) is 5.69. The SMILES string of the molecule is CC1CCN(C(=O)c2ccc(NC(=O)CNc3ccc(I)cc3)cc2)CC1. The van der Waals surface area contributed by atoms with Crippen molar-refractivity contribution in [3.05, 3.63) is 57.7 Å². The summed E-state index contributed by atoms with van der Waals surface area (Å²) in [5.41, 5.74) is 2.26. The van der Waals surface area contributed by atoms with Gasteiger partial charge in [0, 0.05) is 33.6 Å². The quantitative estimate of drug-likeness (QED) is 0.635. The molecule has 0 atom stereocenters. The van der Waals surface area contributed by atoms with Crippen LogP contribution in [0.1, 0.15) is 30.1 Å². The number of anilines is 2. The maximum Gasteiger partial charge on any atom is 0.253 e. The Morgan fingerprint density at radius 2 is 1.59 bits per heavy atom. The number of hydrogen-bond acceptors (Lipinski definition) is 3. The molecule has 142 valence electrons. The predicted octanol–water partition coefficient (Wildman–Crippen LogP) is 4.21. The maximum absolute atomic E-state index is 12.6. The van der Waals surface area contributed by atoms with Crippen molar-refractivity contribution >= 4 is 45.8 Å². The number of hydrogen-bond donors (Lipinski definition) is 2. The first-order chi connectivity index (χ1) is 13.0. The molecule has 1 aliphatic heterocycles. The minimum absolute atomic E-state index is 0.0696. The summed E-state index contributed by atoms with van der Waals surface area (Å²) in [7, 11) is 0. The molecule has 5 nitrogen and oxygen atoms in total. The fraction of sp³-hybridized carbons (Fsp3) is 0.333. The molecule has 27 heavy (non-hydrogen) atoms. The van der Waals surface area contributed by atoms with Crippen molar-refractivity contribution < 1.29 is 9.59 Å². The first-order valence-electron chi connectivity index (χ1n) is 9.20. The Bertz CT molecular complexity index is 782. The van der Waals surface area contributed by atoms with Crippen LogP contribution in [-0.4, -0.2) is 36.3 Å². The summed E-state index contributed by atoms with van der Waals surface area (Å²) in [4.78, 5) is 26.6. The fourth-order valence-corrected chi connectivity index (χ4v) is 3.41. The van der Waals surface area contributed by atoms with E-state index in [2.05, 4.69) is 40.1 Å². The second kappa shape index (κ2) is 9.21. The Balaban J connectivity index is 1.50. The minimum atomic E-state index is -0.127. The van der Waals surface area contributed by atoms with E-state index in [0.29, 0.717) is 17.2 Å². The van der Waals surface area contributed by atoms with E-state index >= 15 is 0 Å². The summed E-state index contributed by atoms with van der Waals surface area (Å²) in [6.45, 7) is 4.06. The molecule has 1 heterocycles. The lowest BCUT2D eigenvalue weighted by molar-refractivity contribution is -0.114. The molecule has 2 amide bonds. The highest BCUT2D eigenvalue weighted by atomic mass is 127. The predicted molar refractivity (Wildman–Crippen MR) is 117 cm³/mol. The van der Waals surface area contributed by atoms with E-state index in [1.807, 2.05) is 29.2 Å². The molecule has 0 aromatic heterocycles. The number of amides is 2. The molecule has 0 aliphatic carbocycles. The van der Waals surface area contributed by atoms with Gasteiger partial charge in [-0.2, -0.15) is 0 Å². The topological polar surface area (TPSA) is 61.4 Å². The molecular weight excluding hydrogens is 453 g/mol. The van der Waals surface area contributed by atoms with Crippen molar-refractivity contribution in [2.45, 2.75) is 19.8 Å². The van der Waals surface area contributed by atoms with Gasteiger partial charge in [0.25, 0.3) is 5.91 Å². The van der Waals surface area contributed by atoms with Crippen LogP contribution in [0.15, 0.2) is 48.5 Å². The Labute approximate surface area is 173 Å². The third-order valence-corrected chi connectivity index (χ3v) is 5.50. The first kappa shape index (κ1) is 19.7. The van der Waals surface area contributed by atoms with E-state index in [9.17, 15) is 9.59 Å². The second-order valence-corrected chi connectivity index (χ2v) is 8.21. The third-order valence-electron chi connectivity index (χ3n) is 4.78. The molecule has 2 aromatic carbocycles. The number of piperidine rings is 1. The number of carbonyl (C=O) groups excluding carboxylic acids is 2. The van der Waals surface area contributed by atoms with Crippen molar-refractivity contribution in [3.8, 4) is 0 Å². The van der Waals surface area contributed by atoms with E-state index in [1.54, 1.807) is 24.3 Å². The Kier molecular flexibility index (Phi) is 6.71. The van der Waals surface area contributed by atoms with E-state index in [-0.39, 0.29) is 18.4 Å². The number of benzene rings is 2. The average Bonchev–Trinajstić information content (AvgIpc) is 2.68. The molecular formula is C21H24IN3O2. The van der Waals surface area contributed by atoms with Crippen molar-refractivity contribution in [2.75, 3.05) is 30.3 Å². The van der Waals surface area contributed by atoms with Gasteiger partial charge in [-0.25, -0.2) is 0 Å². The van der Waals surface area contributed by atoms with Gasteiger partial charge in [-0.05, 0) is 89.9 Å². The molecule has 0 unspecified atom stereocenters. The molecule has 0 saturated carbocycles. The molecule has 0 radical (unpaired) electrons. The zero-order valence-corrected chi connectivity index (χ0v) is 17.5. The molecule has 6 heteroatoms. The molecule has 1 fully saturated rings. The normalized spacial score (nSPS) is 14.7. The minimum Gasteiger partial charge on any atom is -0.376 e. The van der Waals surface area contributed by atoms with Crippen molar-refractivity contribution in [1.82, 2.24) is 4.90 Å². The van der Waals surface area contributed by atoms with Gasteiger partial charge >= 0.3 is 0 Å². The van der Waals surface area contributed by atoms with Crippen LogP contribution in [0.5, 0.6) is 0 Å². The Hall–Kier alpha value is -2.09. The van der Waals surface area contributed by atoms with Gasteiger partial charge in [0.1, 0.15) is 0 Å². The zero-order chi connectivity index (χ0) is 19.2. The van der Waals surface area contributed by atoms with Gasteiger partial charge in [0.2, 0.25) is 5.91 Å². The summed E-state index contributed by atoms with van der Waals surface area (Å²) >= 11 is 2.24. The molecule has 1 aliphatic rings. The highest BCUT2D eigenvalue weighted by Gasteiger charge is 2.21. The van der Waals surface area contributed by atoms with Crippen molar-refractivity contribution in [1.29, 1.82) is 0 Å². The monoisotopic (exact) mass is 477 g/mol. The van der Waals surface area contributed by atoms with Gasteiger partial charge in [0.15, 0.2) is 0 Å². The number of likely N-dealkylation sites (tertiary alicyclic amines) is 1. The van der Waals surface area contributed by atoms with Crippen LogP contribution in [0, 0.1) is 9.49 Å². The Morgan fingerprint density at radius 1 is 1.00 bits per heavy atom. The smallest absolute Gasteiger partial charge is 0.253 e. The maximum atomic E-state index is 12.6. The van der Waals surface area contributed by atoms with Gasteiger partial charge in [-0.15, -0.1) is 0 Å². The highest BCUT2D eigenvalue weighted by Crippen LogP contribution is 2.19. The Morgan fingerprint density at radius 3 is 2.22 bits per heavy atom. The van der Waals surface area contributed by atoms with Gasteiger partial charge < -0.3 is 15.5 Å². The van der Waals surface area contributed by atoms with Crippen LogP contribution >= 0.6 is 22.6 Å². The lowest BCUT2D eigenvalue weighted by Gasteiger charge is -2.30. The van der Waals surface area contributed by atoms with Crippen LogP contribution in [0.2, 0.25) is 0 Å². The van der Waals surface area contributed by atoms with E-state index in [0.717, 1.165) is 35.2 Å². The van der Waals surface area contributed by atoms with Gasteiger partial charge in [-0.1, -0.05) is 6.92 Å². The molecule has 3 rings (SSSR count). The summed E-state index contributed by atoms with van der Waals surface area (Å²) in [5.74, 6) is 0.637. The van der Waals surface area contributed by atoms with Gasteiger partial charge in [0.05, 0.1) is 6.54 Å². The molecule has 2 N–H and O–H groups in total. The lowest BCUT2D eigenvalue weighted by atomic mass is 9.98. The van der Waals surface area contributed by atoms with Crippen LogP contribution in [0.3, 0.4) is 0 Å². The van der Waals surface area contributed by atoms with Crippen LogP contribution in [0.25, 0.3) is 0 Å². The molecule has 1 saturated heterocycles. The number of carbonyl (C=O) groups is 2. The zero-order valence-electron chi connectivity index (χ0n) is 15.4.